The van der Waals surface area contributed by atoms with E-state index in [1.807, 2.05) is 6.92 Å². The molecule has 0 spiro atoms. The highest BCUT2D eigenvalue weighted by atomic mass is 32.2. The van der Waals surface area contributed by atoms with Crippen LogP contribution < -0.4 is 14.2 Å². The summed E-state index contributed by atoms with van der Waals surface area (Å²) in [6.45, 7) is 1.89. The van der Waals surface area contributed by atoms with Gasteiger partial charge in [0.2, 0.25) is 10.0 Å². The molecule has 106 valence electrons. The summed E-state index contributed by atoms with van der Waals surface area (Å²) in [5.74, 6) is 1.25. The first-order valence-corrected chi connectivity index (χ1v) is 7.70. The van der Waals surface area contributed by atoms with Crippen LogP contribution in [0.3, 0.4) is 0 Å². The van der Waals surface area contributed by atoms with Crippen molar-refractivity contribution >= 4 is 10.0 Å². The zero-order valence-electron chi connectivity index (χ0n) is 11.3. The van der Waals surface area contributed by atoms with Crippen LogP contribution in [-0.4, -0.2) is 28.7 Å². The number of hydrogen-bond acceptors (Lipinski definition) is 4. The largest absolute Gasteiger partial charge is 0.497 e. The molecule has 1 atom stereocenters. The van der Waals surface area contributed by atoms with Gasteiger partial charge in [-0.1, -0.05) is 0 Å². The first-order chi connectivity index (χ1) is 8.97. The number of rotatable bonds is 6. The van der Waals surface area contributed by atoms with Crippen LogP contribution in [0, 0.1) is 5.92 Å². The molecule has 1 N–H and O–H groups in total. The summed E-state index contributed by atoms with van der Waals surface area (Å²) < 4.78 is 37.6. The fourth-order valence-corrected chi connectivity index (χ4v) is 3.49. The lowest BCUT2D eigenvalue weighted by Crippen LogP contribution is -2.34. The van der Waals surface area contributed by atoms with Crippen LogP contribution in [0.2, 0.25) is 0 Å². The number of methoxy groups -OCH3 is 2. The van der Waals surface area contributed by atoms with Crippen molar-refractivity contribution in [3.63, 3.8) is 0 Å². The summed E-state index contributed by atoms with van der Waals surface area (Å²) in [5, 5.41) is 0. The number of sulfonamides is 1. The Hall–Kier alpha value is -1.27. The molecule has 0 radical (unpaired) electrons. The van der Waals surface area contributed by atoms with Crippen molar-refractivity contribution in [2.24, 2.45) is 5.92 Å². The average Bonchev–Trinajstić information content (AvgIpc) is 3.21. The van der Waals surface area contributed by atoms with Gasteiger partial charge in [-0.3, -0.25) is 0 Å². The van der Waals surface area contributed by atoms with Crippen molar-refractivity contribution in [3.8, 4) is 11.5 Å². The van der Waals surface area contributed by atoms with Gasteiger partial charge in [0, 0.05) is 12.1 Å². The van der Waals surface area contributed by atoms with Crippen molar-refractivity contribution in [3.05, 3.63) is 18.2 Å². The van der Waals surface area contributed by atoms with E-state index in [0.29, 0.717) is 17.4 Å². The Balaban J connectivity index is 2.31. The number of ether oxygens (including phenoxy) is 2. The monoisotopic (exact) mass is 285 g/mol. The summed E-state index contributed by atoms with van der Waals surface area (Å²) in [6, 6.07) is 4.68. The Labute approximate surface area is 114 Å². The van der Waals surface area contributed by atoms with Gasteiger partial charge in [0.25, 0.3) is 0 Å². The molecule has 1 aliphatic carbocycles. The molecule has 1 aromatic carbocycles. The summed E-state index contributed by atoms with van der Waals surface area (Å²) >= 11 is 0. The van der Waals surface area contributed by atoms with Crippen LogP contribution in [0.4, 0.5) is 0 Å². The van der Waals surface area contributed by atoms with E-state index in [2.05, 4.69) is 4.72 Å². The van der Waals surface area contributed by atoms with Gasteiger partial charge in [-0.2, -0.15) is 0 Å². The van der Waals surface area contributed by atoms with Crippen molar-refractivity contribution in [1.82, 2.24) is 4.72 Å². The molecule has 0 heterocycles. The Kier molecular flexibility index (Phi) is 4.01. The fraction of sp³-hybridized carbons (Fsp3) is 0.538. The highest BCUT2D eigenvalue weighted by molar-refractivity contribution is 7.89. The van der Waals surface area contributed by atoms with Crippen molar-refractivity contribution in [2.75, 3.05) is 14.2 Å². The SMILES string of the molecule is COc1ccc(OC)c(S(=O)(=O)NC(C)C2CC2)c1. The zero-order chi connectivity index (χ0) is 14.0. The molecule has 1 aliphatic rings. The first kappa shape index (κ1) is 14.1. The second kappa shape index (κ2) is 5.38. The molecule has 1 aromatic rings. The van der Waals surface area contributed by atoms with Crippen molar-refractivity contribution in [1.29, 1.82) is 0 Å². The Morgan fingerprint density at radius 1 is 1.26 bits per heavy atom. The van der Waals surface area contributed by atoms with Gasteiger partial charge in [-0.25, -0.2) is 13.1 Å². The predicted molar refractivity (Wildman–Crippen MR) is 72.1 cm³/mol. The molecule has 0 aromatic heterocycles. The van der Waals surface area contributed by atoms with Gasteiger partial charge in [0.1, 0.15) is 16.4 Å². The van der Waals surface area contributed by atoms with Crippen LogP contribution in [0.1, 0.15) is 19.8 Å². The maximum Gasteiger partial charge on any atom is 0.244 e. The highest BCUT2D eigenvalue weighted by Gasteiger charge is 2.32. The Morgan fingerprint density at radius 3 is 2.47 bits per heavy atom. The molecule has 0 saturated heterocycles. The summed E-state index contributed by atoms with van der Waals surface area (Å²) in [7, 11) is -0.647. The molecule has 0 aliphatic heterocycles. The van der Waals surface area contributed by atoms with E-state index in [9.17, 15) is 8.42 Å². The van der Waals surface area contributed by atoms with E-state index in [0.717, 1.165) is 12.8 Å². The molecule has 0 amide bonds. The maximum atomic E-state index is 12.4. The normalized spacial score (nSPS) is 17.0. The summed E-state index contributed by atoms with van der Waals surface area (Å²) in [5.41, 5.74) is 0. The summed E-state index contributed by atoms with van der Waals surface area (Å²) in [6.07, 6.45) is 2.16. The third-order valence-electron chi connectivity index (χ3n) is 3.33. The molecular weight excluding hydrogens is 266 g/mol. The van der Waals surface area contributed by atoms with Gasteiger partial charge >= 0.3 is 0 Å². The quantitative estimate of drug-likeness (QED) is 0.865. The van der Waals surface area contributed by atoms with E-state index in [4.69, 9.17) is 9.47 Å². The standard InChI is InChI=1S/C13H19NO4S/c1-9(10-4-5-10)14-19(15,16)13-8-11(17-2)6-7-12(13)18-3/h6-10,14H,4-5H2,1-3H3. The van der Waals surface area contributed by atoms with E-state index in [-0.39, 0.29) is 10.9 Å². The third-order valence-corrected chi connectivity index (χ3v) is 4.91. The Morgan fingerprint density at radius 2 is 1.95 bits per heavy atom. The lowest BCUT2D eigenvalue weighted by atomic mass is 10.2. The van der Waals surface area contributed by atoms with E-state index in [1.165, 1.54) is 20.3 Å². The molecule has 1 fully saturated rings. The molecule has 1 saturated carbocycles. The zero-order valence-corrected chi connectivity index (χ0v) is 12.2. The summed E-state index contributed by atoms with van der Waals surface area (Å²) in [4.78, 5) is 0.113. The maximum absolute atomic E-state index is 12.4. The smallest absolute Gasteiger partial charge is 0.244 e. The van der Waals surface area contributed by atoms with E-state index < -0.39 is 10.0 Å². The average molecular weight is 285 g/mol. The van der Waals surface area contributed by atoms with Gasteiger partial charge in [-0.15, -0.1) is 0 Å². The van der Waals surface area contributed by atoms with Crippen LogP contribution in [-0.2, 0) is 10.0 Å². The topological polar surface area (TPSA) is 64.6 Å². The molecule has 5 nitrogen and oxygen atoms in total. The minimum absolute atomic E-state index is 0.0547. The van der Waals surface area contributed by atoms with Gasteiger partial charge in [-0.05, 0) is 37.8 Å². The first-order valence-electron chi connectivity index (χ1n) is 6.22. The molecule has 1 unspecified atom stereocenters. The second-order valence-electron chi connectivity index (χ2n) is 4.76. The van der Waals surface area contributed by atoms with Gasteiger partial charge < -0.3 is 9.47 Å². The second-order valence-corrected chi connectivity index (χ2v) is 6.45. The van der Waals surface area contributed by atoms with Crippen LogP contribution in [0.15, 0.2) is 23.1 Å². The number of nitrogens with one attached hydrogen (secondary N) is 1. The predicted octanol–water partition coefficient (Wildman–Crippen LogP) is 1.78. The Bertz CT molecular complexity index is 552. The van der Waals surface area contributed by atoms with Crippen molar-refractivity contribution in [2.45, 2.75) is 30.7 Å². The van der Waals surface area contributed by atoms with Gasteiger partial charge in [0.05, 0.1) is 14.2 Å². The molecule has 2 rings (SSSR count). The van der Waals surface area contributed by atoms with E-state index in [1.54, 1.807) is 12.1 Å². The molecule has 19 heavy (non-hydrogen) atoms. The van der Waals surface area contributed by atoms with Gasteiger partial charge in [0.15, 0.2) is 0 Å². The highest BCUT2D eigenvalue weighted by Crippen LogP contribution is 2.34. The molecule has 0 bridgehead atoms. The third kappa shape index (κ3) is 3.19. The van der Waals surface area contributed by atoms with Crippen LogP contribution in [0.25, 0.3) is 0 Å². The van der Waals surface area contributed by atoms with Crippen LogP contribution >= 0.6 is 0 Å². The molecular formula is C13H19NO4S. The van der Waals surface area contributed by atoms with Crippen LogP contribution in [0.5, 0.6) is 11.5 Å². The number of benzene rings is 1. The lowest BCUT2D eigenvalue weighted by Gasteiger charge is -2.16. The lowest BCUT2D eigenvalue weighted by molar-refractivity contribution is 0.391. The minimum Gasteiger partial charge on any atom is -0.497 e. The fourth-order valence-electron chi connectivity index (χ4n) is 1.99. The van der Waals surface area contributed by atoms with Crippen molar-refractivity contribution < 1.29 is 17.9 Å². The number of hydrogen-bond donors (Lipinski definition) is 1. The molecule has 6 heteroatoms. The minimum atomic E-state index is -3.59. The van der Waals surface area contributed by atoms with E-state index >= 15 is 0 Å².